The number of hydrogen-bond acceptors (Lipinski definition) is 4. The van der Waals surface area contributed by atoms with Crippen molar-refractivity contribution in [2.24, 2.45) is 5.84 Å². The maximum atomic E-state index is 11.4. The Morgan fingerprint density at radius 1 is 1.33 bits per heavy atom. The maximum absolute atomic E-state index is 11.4. The van der Waals surface area contributed by atoms with Gasteiger partial charge >= 0.3 is 5.91 Å². The molecule has 0 radical (unpaired) electrons. The lowest BCUT2D eigenvalue weighted by atomic mass is 10.2. The standard InChI is InChI=1S/C12H11BrN2O3/c13-9-1-3-10(4-2-9)18-7-8-5-6-17-11(8)12(16)15-14/h1-6H,7,14H2,(H,15,16). The molecule has 0 saturated carbocycles. The van der Waals surface area contributed by atoms with Gasteiger partial charge in [-0.15, -0.1) is 0 Å². The Morgan fingerprint density at radius 2 is 2.06 bits per heavy atom. The Bertz CT molecular complexity index is 537. The second kappa shape index (κ2) is 5.70. The van der Waals surface area contributed by atoms with Crippen molar-refractivity contribution in [2.75, 3.05) is 0 Å². The molecule has 2 aromatic rings. The minimum atomic E-state index is -0.477. The number of carbonyl (C=O) groups excluding carboxylic acids is 1. The van der Waals surface area contributed by atoms with Gasteiger partial charge in [-0.3, -0.25) is 10.2 Å². The molecule has 2 rings (SSSR count). The summed E-state index contributed by atoms with van der Waals surface area (Å²) in [5.74, 6) is 5.44. The highest BCUT2D eigenvalue weighted by Gasteiger charge is 2.14. The first-order chi connectivity index (χ1) is 8.70. The van der Waals surface area contributed by atoms with E-state index in [1.807, 2.05) is 29.7 Å². The molecular weight excluding hydrogens is 300 g/mol. The third kappa shape index (κ3) is 2.91. The van der Waals surface area contributed by atoms with Gasteiger partial charge in [0.1, 0.15) is 12.4 Å². The Kier molecular flexibility index (Phi) is 4.01. The number of amides is 1. The molecule has 0 aliphatic heterocycles. The number of rotatable bonds is 4. The van der Waals surface area contributed by atoms with Gasteiger partial charge in [0.15, 0.2) is 5.76 Å². The molecule has 0 saturated heterocycles. The van der Waals surface area contributed by atoms with Crippen molar-refractivity contribution >= 4 is 21.8 Å². The van der Waals surface area contributed by atoms with E-state index in [-0.39, 0.29) is 12.4 Å². The Labute approximate surface area is 112 Å². The number of benzene rings is 1. The van der Waals surface area contributed by atoms with Crippen molar-refractivity contribution in [2.45, 2.75) is 6.61 Å². The highest BCUT2D eigenvalue weighted by molar-refractivity contribution is 9.10. The molecule has 0 bridgehead atoms. The zero-order valence-electron chi connectivity index (χ0n) is 9.35. The number of carbonyl (C=O) groups is 1. The van der Waals surface area contributed by atoms with Crippen molar-refractivity contribution in [1.29, 1.82) is 0 Å². The van der Waals surface area contributed by atoms with Crippen molar-refractivity contribution in [3.05, 3.63) is 52.4 Å². The van der Waals surface area contributed by atoms with E-state index in [2.05, 4.69) is 15.9 Å². The molecule has 0 fully saturated rings. The van der Waals surface area contributed by atoms with E-state index in [1.165, 1.54) is 6.26 Å². The molecule has 6 heteroatoms. The minimum absolute atomic E-state index is 0.162. The summed E-state index contributed by atoms with van der Waals surface area (Å²) in [4.78, 5) is 11.4. The van der Waals surface area contributed by atoms with Crippen LogP contribution in [0.1, 0.15) is 16.1 Å². The predicted molar refractivity (Wildman–Crippen MR) is 68.8 cm³/mol. The van der Waals surface area contributed by atoms with Crippen molar-refractivity contribution < 1.29 is 13.9 Å². The highest BCUT2D eigenvalue weighted by atomic mass is 79.9. The predicted octanol–water partition coefficient (Wildman–Crippen LogP) is 2.22. The van der Waals surface area contributed by atoms with Gasteiger partial charge in [0.25, 0.3) is 0 Å². The lowest BCUT2D eigenvalue weighted by molar-refractivity contribution is 0.0922. The number of nitrogens with one attached hydrogen (secondary N) is 1. The van der Waals surface area contributed by atoms with E-state index in [4.69, 9.17) is 15.0 Å². The molecule has 18 heavy (non-hydrogen) atoms. The van der Waals surface area contributed by atoms with Crippen LogP contribution in [0.4, 0.5) is 0 Å². The molecule has 0 unspecified atom stereocenters. The van der Waals surface area contributed by atoms with Gasteiger partial charge in [0.2, 0.25) is 0 Å². The first-order valence-electron chi connectivity index (χ1n) is 5.16. The van der Waals surface area contributed by atoms with E-state index in [0.717, 1.165) is 4.47 Å². The van der Waals surface area contributed by atoms with Crippen LogP contribution in [-0.4, -0.2) is 5.91 Å². The van der Waals surface area contributed by atoms with E-state index in [9.17, 15) is 4.79 Å². The zero-order valence-corrected chi connectivity index (χ0v) is 10.9. The van der Waals surface area contributed by atoms with Crippen molar-refractivity contribution in [3.63, 3.8) is 0 Å². The fraction of sp³-hybridized carbons (Fsp3) is 0.0833. The van der Waals surface area contributed by atoms with E-state index in [0.29, 0.717) is 11.3 Å². The second-order valence-corrected chi connectivity index (χ2v) is 4.41. The molecule has 0 atom stereocenters. The van der Waals surface area contributed by atoms with Gasteiger partial charge in [0, 0.05) is 10.0 Å². The Balaban J connectivity index is 2.04. The number of ether oxygens (including phenoxy) is 1. The Morgan fingerprint density at radius 3 is 2.72 bits per heavy atom. The summed E-state index contributed by atoms with van der Waals surface area (Å²) < 4.78 is 11.6. The molecule has 3 N–H and O–H groups in total. The molecule has 1 heterocycles. The van der Waals surface area contributed by atoms with Crippen LogP contribution in [0.3, 0.4) is 0 Å². The number of furan rings is 1. The van der Waals surface area contributed by atoms with E-state index >= 15 is 0 Å². The summed E-state index contributed by atoms with van der Waals surface area (Å²) in [5.41, 5.74) is 2.66. The molecule has 0 aliphatic rings. The maximum Gasteiger partial charge on any atom is 0.301 e. The zero-order chi connectivity index (χ0) is 13.0. The molecule has 1 aromatic heterocycles. The summed E-state index contributed by atoms with van der Waals surface area (Å²) in [7, 11) is 0. The monoisotopic (exact) mass is 310 g/mol. The average molecular weight is 311 g/mol. The van der Waals surface area contributed by atoms with Crippen LogP contribution >= 0.6 is 15.9 Å². The lowest BCUT2D eigenvalue weighted by Crippen LogP contribution is -2.30. The van der Waals surface area contributed by atoms with E-state index < -0.39 is 5.91 Å². The van der Waals surface area contributed by atoms with Gasteiger partial charge in [-0.2, -0.15) is 0 Å². The molecule has 94 valence electrons. The number of hydrogen-bond donors (Lipinski definition) is 2. The summed E-state index contributed by atoms with van der Waals surface area (Å²) in [6, 6.07) is 9.07. The second-order valence-electron chi connectivity index (χ2n) is 3.49. The van der Waals surface area contributed by atoms with Gasteiger partial charge < -0.3 is 9.15 Å². The van der Waals surface area contributed by atoms with Crippen LogP contribution in [0.15, 0.2) is 45.5 Å². The highest BCUT2D eigenvalue weighted by Crippen LogP contribution is 2.18. The fourth-order valence-electron chi connectivity index (χ4n) is 1.41. The van der Waals surface area contributed by atoms with Gasteiger partial charge in [-0.1, -0.05) is 15.9 Å². The first-order valence-corrected chi connectivity index (χ1v) is 5.95. The molecule has 5 nitrogen and oxygen atoms in total. The molecule has 1 amide bonds. The normalized spacial score (nSPS) is 10.1. The largest absolute Gasteiger partial charge is 0.489 e. The van der Waals surface area contributed by atoms with Gasteiger partial charge in [0.05, 0.1) is 6.26 Å². The molecule has 0 aliphatic carbocycles. The van der Waals surface area contributed by atoms with Crippen LogP contribution < -0.4 is 16.0 Å². The summed E-state index contributed by atoms with van der Waals surface area (Å²) in [6.45, 7) is 0.237. The SMILES string of the molecule is NNC(=O)c1occc1COc1ccc(Br)cc1. The van der Waals surface area contributed by atoms with Gasteiger partial charge in [-0.25, -0.2) is 5.84 Å². The summed E-state index contributed by atoms with van der Waals surface area (Å²) in [5, 5.41) is 0. The molecule has 0 spiro atoms. The minimum Gasteiger partial charge on any atom is -0.489 e. The van der Waals surface area contributed by atoms with Crippen molar-refractivity contribution in [1.82, 2.24) is 5.43 Å². The topological polar surface area (TPSA) is 77.5 Å². The lowest BCUT2D eigenvalue weighted by Gasteiger charge is -2.05. The smallest absolute Gasteiger partial charge is 0.301 e. The fourth-order valence-corrected chi connectivity index (χ4v) is 1.67. The van der Waals surface area contributed by atoms with Crippen LogP contribution in [0, 0.1) is 0 Å². The van der Waals surface area contributed by atoms with Crippen LogP contribution in [0.25, 0.3) is 0 Å². The van der Waals surface area contributed by atoms with E-state index in [1.54, 1.807) is 6.07 Å². The van der Waals surface area contributed by atoms with Crippen LogP contribution in [-0.2, 0) is 6.61 Å². The van der Waals surface area contributed by atoms with Gasteiger partial charge in [-0.05, 0) is 30.3 Å². The van der Waals surface area contributed by atoms with Crippen LogP contribution in [0.2, 0.25) is 0 Å². The van der Waals surface area contributed by atoms with Crippen LogP contribution in [0.5, 0.6) is 5.75 Å². The number of halogens is 1. The first kappa shape index (κ1) is 12.7. The third-order valence-electron chi connectivity index (χ3n) is 2.29. The quantitative estimate of drug-likeness (QED) is 0.516. The van der Waals surface area contributed by atoms with Crippen molar-refractivity contribution in [3.8, 4) is 5.75 Å². The molecular formula is C12H11BrN2O3. The summed E-state index contributed by atoms with van der Waals surface area (Å²) in [6.07, 6.45) is 1.42. The summed E-state index contributed by atoms with van der Waals surface area (Å²) >= 11 is 3.34. The number of nitrogen functional groups attached to an aromatic ring is 1. The average Bonchev–Trinajstić information content (AvgIpc) is 2.85. The third-order valence-corrected chi connectivity index (χ3v) is 2.82. The Hall–Kier alpha value is -1.79. The number of hydrazine groups is 1. The number of nitrogens with two attached hydrogens (primary N) is 1. The molecule has 1 aromatic carbocycles.